The van der Waals surface area contributed by atoms with Gasteiger partial charge in [-0.3, -0.25) is 15.2 Å². The molecule has 0 aliphatic carbocycles. The Kier molecular flexibility index (Phi) is 3.71. The van der Waals surface area contributed by atoms with Gasteiger partial charge in [-0.05, 0) is 29.3 Å². The van der Waals surface area contributed by atoms with Crippen molar-refractivity contribution in [1.82, 2.24) is 5.43 Å². The summed E-state index contributed by atoms with van der Waals surface area (Å²) in [6.07, 6.45) is 3.69. The Labute approximate surface area is 123 Å². The maximum absolute atomic E-state index is 12.4. The topological polar surface area (TPSA) is 52.6 Å². The van der Waals surface area contributed by atoms with Crippen LogP contribution in [0.4, 0.5) is 5.69 Å². The molecule has 2 aromatic rings. The number of anilines is 1. The molecule has 0 fully saturated rings. The van der Waals surface area contributed by atoms with E-state index in [1.54, 1.807) is 5.01 Å². The summed E-state index contributed by atoms with van der Waals surface area (Å²) < 4.78 is 0. The average molecular weight is 280 g/mol. The van der Waals surface area contributed by atoms with Crippen molar-refractivity contribution in [3.05, 3.63) is 78.0 Å². The zero-order chi connectivity index (χ0) is 14.7. The van der Waals surface area contributed by atoms with Crippen LogP contribution in [-0.2, 0) is 11.4 Å². The molecule has 4 nitrogen and oxygen atoms in total. The molecule has 2 aromatic carbocycles. The van der Waals surface area contributed by atoms with Crippen molar-refractivity contribution in [3.63, 3.8) is 0 Å². The molecule has 21 heavy (non-hydrogen) atoms. The molecule has 1 aliphatic rings. The van der Waals surface area contributed by atoms with Gasteiger partial charge in [-0.25, -0.2) is 0 Å². The highest BCUT2D eigenvalue weighted by Gasteiger charge is 2.25. The van der Waals surface area contributed by atoms with Gasteiger partial charge in [0.1, 0.15) is 0 Å². The molecule has 106 valence electrons. The SMILES string of the molecule is O=C1NN(c2ccccc2)C=CC1c1ccccc1CO. The molecule has 1 aliphatic heterocycles. The van der Waals surface area contributed by atoms with E-state index in [0.29, 0.717) is 0 Å². The number of hydrogen-bond acceptors (Lipinski definition) is 3. The zero-order valence-electron chi connectivity index (χ0n) is 11.4. The van der Waals surface area contributed by atoms with Gasteiger partial charge in [0.05, 0.1) is 18.2 Å². The first-order valence-electron chi connectivity index (χ1n) is 6.81. The molecule has 2 N–H and O–H groups in total. The van der Waals surface area contributed by atoms with E-state index >= 15 is 0 Å². The molecule has 1 heterocycles. The molecule has 0 aromatic heterocycles. The lowest BCUT2D eigenvalue weighted by Gasteiger charge is -2.29. The number of aliphatic hydroxyl groups is 1. The van der Waals surface area contributed by atoms with Crippen LogP contribution in [0, 0.1) is 0 Å². The summed E-state index contributed by atoms with van der Waals surface area (Å²) in [6, 6.07) is 17.1. The molecule has 0 saturated heterocycles. The summed E-state index contributed by atoms with van der Waals surface area (Å²) in [5.41, 5.74) is 5.37. The van der Waals surface area contributed by atoms with Crippen LogP contribution in [-0.4, -0.2) is 11.0 Å². The fourth-order valence-electron chi connectivity index (χ4n) is 2.45. The Morgan fingerprint density at radius 1 is 1.05 bits per heavy atom. The number of rotatable bonds is 3. The maximum Gasteiger partial charge on any atom is 0.250 e. The van der Waals surface area contributed by atoms with Crippen molar-refractivity contribution in [2.75, 3.05) is 5.01 Å². The van der Waals surface area contributed by atoms with Gasteiger partial charge in [-0.15, -0.1) is 0 Å². The van der Waals surface area contributed by atoms with E-state index in [-0.39, 0.29) is 18.4 Å². The van der Waals surface area contributed by atoms with Crippen molar-refractivity contribution < 1.29 is 9.90 Å². The second kappa shape index (κ2) is 5.81. The van der Waals surface area contributed by atoms with Crippen LogP contribution < -0.4 is 10.4 Å². The molecule has 1 atom stereocenters. The van der Waals surface area contributed by atoms with Crippen LogP contribution in [0.2, 0.25) is 0 Å². The predicted octanol–water partition coefficient (Wildman–Crippen LogP) is 2.33. The minimum Gasteiger partial charge on any atom is -0.392 e. The fraction of sp³-hybridized carbons (Fsp3) is 0.118. The van der Waals surface area contributed by atoms with Crippen molar-refractivity contribution in [2.45, 2.75) is 12.5 Å². The average Bonchev–Trinajstić information content (AvgIpc) is 2.55. The lowest BCUT2D eigenvalue weighted by molar-refractivity contribution is -0.121. The van der Waals surface area contributed by atoms with Crippen LogP contribution in [0.25, 0.3) is 0 Å². The standard InChI is InChI=1S/C17H16N2O2/c20-12-13-6-4-5-9-15(13)16-10-11-19(18-17(16)21)14-7-2-1-3-8-14/h1-11,16,20H,12H2,(H,18,21). The summed E-state index contributed by atoms with van der Waals surface area (Å²) in [6.45, 7) is -0.0732. The van der Waals surface area contributed by atoms with Gasteiger partial charge >= 0.3 is 0 Å². The number of para-hydroxylation sites is 1. The van der Waals surface area contributed by atoms with E-state index in [9.17, 15) is 9.90 Å². The summed E-state index contributed by atoms with van der Waals surface area (Å²) in [7, 11) is 0. The number of hydrogen-bond donors (Lipinski definition) is 2. The molecule has 3 rings (SSSR count). The first-order valence-corrected chi connectivity index (χ1v) is 6.81. The third-order valence-electron chi connectivity index (χ3n) is 3.54. The van der Waals surface area contributed by atoms with Gasteiger partial charge in [0, 0.05) is 6.20 Å². The third kappa shape index (κ3) is 2.66. The Morgan fingerprint density at radius 2 is 1.76 bits per heavy atom. The van der Waals surface area contributed by atoms with Crippen LogP contribution in [0.1, 0.15) is 17.0 Å². The number of nitrogens with zero attached hydrogens (tertiary/aromatic N) is 1. The van der Waals surface area contributed by atoms with E-state index in [2.05, 4.69) is 5.43 Å². The van der Waals surface area contributed by atoms with E-state index in [0.717, 1.165) is 16.8 Å². The van der Waals surface area contributed by atoms with E-state index < -0.39 is 0 Å². The van der Waals surface area contributed by atoms with Crippen molar-refractivity contribution >= 4 is 11.6 Å². The summed E-state index contributed by atoms with van der Waals surface area (Å²) >= 11 is 0. The first-order chi connectivity index (χ1) is 10.3. The van der Waals surface area contributed by atoms with Gasteiger partial charge in [0.2, 0.25) is 5.91 Å². The molecular formula is C17H16N2O2. The number of carbonyl (C=O) groups excluding carboxylic acids is 1. The van der Waals surface area contributed by atoms with Gasteiger partial charge in [0.15, 0.2) is 0 Å². The second-order valence-electron chi connectivity index (χ2n) is 4.86. The highest BCUT2D eigenvalue weighted by molar-refractivity contribution is 5.89. The minimum atomic E-state index is -0.381. The lowest BCUT2D eigenvalue weighted by atomic mass is 9.93. The molecule has 4 heteroatoms. The molecule has 0 bridgehead atoms. The molecule has 0 radical (unpaired) electrons. The monoisotopic (exact) mass is 280 g/mol. The van der Waals surface area contributed by atoms with Gasteiger partial charge < -0.3 is 5.11 Å². The van der Waals surface area contributed by atoms with Crippen molar-refractivity contribution in [1.29, 1.82) is 0 Å². The van der Waals surface area contributed by atoms with E-state index in [4.69, 9.17) is 0 Å². The smallest absolute Gasteiger partial charge is 0.250 e. The number of aliphatic hydroxyl groups excluding tert-OH is 1. The number of hydrazine groups is 1. The van der Waals surface area contributed by atoms with Crippen LogP contribution in [0.3, 0.4) is 0 Å². The Bertz CT molecular complexity index is 668. The number of benzene rings is 2. The Balaban J connectivity index is 1.89. The maximum atomic E-state index is 12.4. The zero-order valence-corrected chi connectivity index (χ0v) is 11.4. The van der Waals surface area contributed by atoms with Gasteiger partial charge in [-0.1, -0.05) is 42.5 Å². The second-order valence-corrected chi connectivity index (χ2v) is 4.86. The van der Waals surface area contributed by atoms with E-state index in [1.165, 1.54) is 0 Å². The first kappa shape index (κ1) is 13.4. The molecular weight excluding hydrogens is 264 g/mol. The predicted molar refractivity (Wildman–Crippen MR) is 81.3 cm³/mol. The summed E-state index contributed by atoms with van der Waals surface area (Å²) in [5.74, 6) is -0.490. The Morgan fingerprint density at radius 3 is 2.48 bits per heavy atom. The van der Waals surface area contributed by atoms with Crippen LogP contribution >= 0.6 is 0 Å². The van der Waals surface area contributed by atoms with Crippen LogP contribution in [0.15, 0.2) is 66.9 Å². The largest absolute Gasteiger partial charge is 0.392 e. The number of amides is 1. The third-order valence-corrected chi connectivity index (χ3v) is 3.54. The minimum absolute atomic E-state index is 0.0732. The highest BCUT2D eigenvalue weighted by Crippen LogP contribution is 2.26. The normalized spacial score (nSPS) is 17.7. The molecule has 0 spiro atoms. The van der Waals surface area contributed by atoms with Crippen molar-refractivity contribution in [2.24, 2.45) is 0 Å². The van der Waals surface area contributed by atoms with Gasteiger partial charge in [-0.2, -0.15) is 0 Å². The quantitative estimate of drug-likeness (QED) is 0.907. The van der Waals surface area contributed by atoms with E-state index in [1.807, 2.05) is 66.9 Å². The Hall–Kier alpha value is -2.59. The van der Waals surface area contributed by atoms with Crippen LogP contribution in [0.5, 0.6) is 0 Å². The highest BCUT2D eigenvalue weighted by atomic mass is 16.3. The lowest BCUT2D eigenvalue weighted by Crippen LogP contribution is -2.44. The molecule has 1 unspecified atom stereocenters. The molecule has 0 saturated carbocycles. The van der Waals surface area contributed by atoms with Gasteiger partial charge in [0.25, 0.3) is 0 Å². The fourth-order valence-corrected chi connectivity index (χ4v) is 2.45. The number of nitrogens with one attached hydrogen (secondary N) is 1. The summed E-state index contributed by atoms with van der Waals surface area (Å²) in [4.78, 5) is 12.4. The number of carbonyl (C=O) groups is 1. The van der Waals surface area contributed by atoms with Crippen molar-refractivity contribution in [3.8, 4) is 0 Å². The molecule has 1 amide bonds. The summed E-state index contributed by atoms with van der Waals surface area (Å²) in [5, 5.41) is 11.1.